The summed E-state index contributed by atoms with van der Waals surface area (Å²) in [5, 5.41) is 0. The third kappa shape index (κ3) is 6.12. The van der Waals surface area contributed by atoms with Crippen LogP contribution in [0, 0.1) is 29.6 Å². The van der Waals surface area contributed by atoms with Crippen molar-refractivity contribution in [1.82, 2.24) is 0 Å². The number of rotatable bonds is 6. The third-order valence-electron chi connectivity index (χ3n) is 7.62. The van der Waals surface area contributed by atoms with Crippen molar-refractivity contribution in [2.24, 2.45) is 29.6 Å². The molecule has 0 heterocycles. The standard InChI is InChI=1S/C24H42O/c1-18(2)16-20-6-8-21(9-7-20)17-25-24-14-12-23(13-15-24)22-10-4-19(3)5-11-22/h19-24H,1,4-17H2,2-3H3. The van der Waals surface area contributed by atoms with Gasteiger partial charge in [-0.3, -0.25) is 0 Å². The van der Waals surface area contributed by atoms with Gasteiger partial charge in [-0.05, 0) is 107 Å². The first-order valence-electron chi connectivity index (χ1n) is 11.4. The highest BCUT2D eigenvalue weighted by atomic mass is 16.5. The molecular formula is C24H42O. The number of hydrogen-bond donors (Lipinski definition) is 0. The quantitative estimate of drug-likeness (QED) is 0.463. The van der Waals surface area contributed by atoms with E-state index in [2.05, 4.69) is 20.4 Å². The Hall–Kier alpha value is -0.300. The number of ether oxygens (including phenoxy) is 1. The Balaban J connectivity index is 1.29. The van der Waals surface area contributed by atoms with Crippen LogP contribution >= 0.6 is 0 Å². The molecule has 0 unspecified atom stereocenters. The lowest BCUT2D eigenvalue weighted by Crippen LogP contribution is -2.29. The largest absolute Gasteiger partial charge is 0.378 e. The Morgan fingerprint density at radius 2 is 1.28 bits per heavy atom. The maximum absolute atomic E-state index is 6.37. The van der Waals surface area contributed by atoms with Crippen LogP contribution in [0.4, 0.5) is 0 Å². The molecule has 3 saturated carbocycles. The van der Waals surface area contributed by atoms with E-state index in [4.69, 9.17) is 4.74 Å². The van der Waals surface area contributed by atoms with Gasteiger partial charge in [0.15, 0.2) is 0 Å². The van der Waals surface area contributed by atoms with E-state index in [0.29, 0.717) is 6.10 Å². The molecule has 3 aliphatic carbocycles. The summed E-state index contributed by atoms with van der Waals surface area (Å²) >= 11 is 0. The smallest absolute Gasteiger partial charge is 0.0575 e. The lowest BCUT2D eigenvalue weighted by Gasteiger charge is -2.37. The minimum atomic E-state index is 0.576. The lowest BCUT2D eigenvalue weighted by atomic mass is 9.71. The third-order valence-corrected chi connectivity index (χ3v) is 7.62. The first-order chi connectivity index (χ1) is 12.1. The Morgan fingerprint density at radius 3 is 1.84 bits per heavy atom. The first kappa shape index (κ1) is 19.5. The van der Waals surface area contributed by atoms with Gasteiger partial charge in [-0.15, -0.1) is 6.58 Å². The summed E-state index contributed by atoms with van der Waals surface area (Å²) in [6, 6.07) is 0. The van der Waals surface area contributed by atoms with Gasteiger partial charge >= 0.3 is 0 Å². The Labute approximate surface area is 157 Å². The summed E-state index contributed by atoms with van der Waals surface area (Å²) in [5.41, 5.74) is 1.36. The van der Waals surface area contributed by atoms with Crippen LogP contribution in [0.3, 0.4) is 0 Å². The molecule has 144 valence electrons. The van der Waals surface area contributed by atoms with Gasteiger partial charge in [0.05, 0.1) is 6.10 Å². The highest BCUT2D eigenvalue weighted by molar-refractivity contribution is 4.91. The molecule has 0 amide bonds. The zero-order valence-corrected chi connectivity index (χ0v) is 17.0. The topological polar surface area (TPSA) is 9.23 Å². The van der Waals surface area contributed by atoms with Crippen LogP contribution in [-0.2, 0) is 4.74 Å². The second-order valence-electron chi connectivity index (χ2n) is 9.94. The van der Waals surface area contributed by atoms with E-state index < -0.39 is 0 Å². The van der Waals surface area contributed by atoms with Crippen LogP contribution in [0.15, 0.2) is 12.2 Å². The molecule has 0 radical (unpaired) electrons. The van der Waals surface area contributed by atoms with Gasteiger partial charge in [0, 0.05) is 6.61 Å². The monoisotopic (exact) mass is 346 g/mol. The van der Waals surface area contributed by atoms with Gasteiger partial charge in [-0.25, -0.2) is 0 Å². The highest BCUT2D eigenvalue weighted by Gasteiger charge is 2.30. The van der Waals surface area contributed by atoms with Crippen LogP contribution in [0.2, 0.25) is 0 Å². The molecule has 3 fully saturated rings. The summed E-state index contributed by atoms with van der Waals surface area (Å²) in [4.78, 5) is 0. The molecule has 0 bridgehead atoms. The van der Waals surface area contributed by atoms with Gasteiger partial charge in [-0.1, -0.05) is 25.3 Å². The fourth-order valence-corrected chi connectivity index (χ4v) is 5.85. The predicted molar refractivity (Wildman–Crippen MR) is 108 cm³/mol. The molecule has 1 heteroatoms. The molecule has 0 spiro atoms. The summed E-state index contributed by atoms with van der Waals surface area (Å²) < 4.78 is 6.37. The SMILES string of the molecule is C=C(C)CC1CCC(COC2CCC(C3CCC(C)CC3)CC2)CC1. The molecule has 0 atom stereocenters. The molecule has 3 aliphatic rings. The van der Waals surface area contributed by atoms with Crippen molar-refractivity contribution in [2.75, 3.05) is 6.61 Å². The fourth-order valence-electron chi connectivity index (χ4n) is 5.85. The summed E-state index contributed by atoms with van der Waals surface area (Å²) in [6.07, 6.45) is 18.9. The van der Waals surface area contributed by atoms with E-state index in [1.165, 1.54) is 89.0 Å². The zero-order chi connectivity index (χ0) is 17.6. The maximum Gasteiger partial charge on any atom is 0.0575 e. The first-order valence-corrected chi connectivity index (χ1v) is 11.4. The van der Waals surface area contributed by atoms with E-state index in [1.807, 2.05) is 0 Å². The average Bonchev–Trinajstić information content (AvgIpc) is 2.62. The number of allylic oxidation sites excluding steroid dienone is 1. The number of hydrogen-bond acceptors (Lipinski definition) is 1. The predicted octanol–water partition coefficient (Wildman–Crippen LogP) is 7.16. The van der Waals surface area contributed by atoms with Crippen molar-refractivity contribution in [1.29, 1.82) is 0 Å². The van der Waals surface area contributed by atoms with Crippen molar-refractivity contribution in [2.45, 2.75) is 103 Å². The minimum Gasteiger partial charge on any atom is -0.378 e. The van der Waals surface area contributed by atoms with Crippen molar-refractivity contribution >= 4 is 0 Å². The van der Waals surface area contributed by atoms with Crippen molar-refractivity contribution < 1.29 is 4.74 Å². The van der Waals surface area contributed by atoms with E-state index in [1.54, 1.807) is 0 Å². The van der Waals surface area contributed by atoms with E-state index in [0.717, 1.165) is 36.2 Å². The van der Waals surface area contributed by atoms with Gasteiger partial charge < -0.3 is 4.74 Å². The molecular weight excluding hydrogens is 304 g/mol. The highest BCUT2D eigenvalue weighted by Crippen LogP contribution is 2.40. The molecule has 3 rings (SSSR count). The Kier molecular flexibility index (Phi) is 7.46. The Bertz CT molecular complexity index is 390. The van der Waals surface area contributed by atoms with E-state index in [9.17, 15) is 0 Å². The lowest BCUT2D eigenvalue weighted by molar-refractivity contribution is -0.0167. The second kappa shape index (κ2) is 9.58. The summed E-state index contributed by atoms with van der Waals surface area (Å²) in [5.74, 6) is 4.79. The van der Waals surface area contributed by atoms with Crippen LogP contribution < -0.4 is 0 Å². The zero-order valence-electron chi connectivity index (χ0n) is 17.0. The van der Waals surface area contributed by atoms with Gasteiger partial charge in [0.2, 0.25) is 0 Å². The molecule has 0 N–H and O–H groups in total. The molecule has 0 saturated heterocycles. The molecule has 0 aromatic heterocycles. The molecule has 25 heavy (non-hydrogen) atoms. The van der Waals surface area contributed by atoms with Crippen LogP contribution in [0.25, 0.3) is 0 Å². The fraction of sp³-hybridized carbons (Fsp3) is 0.917. The van der Waals surface area contributed by atoms with Crippen molar-refractivity contribution in [3.05, 3.63) is 12.2 Å². The van der Waals surface area contributed by atoms with Crippen molar-refractivity contribution in [3.8, 4) is 0 Å². The van der Waals surface area contributed by atoms with Crippen LogP contribution in [0.5, 0.6) is 0 Å². The summed E-state index contributed by atoms with van der Waals surface area (Å²) in [7, 11) is 0. The van der Waals surface area contributed by atoms with E-state index in [-0.39, 0.29) is 0 Å². The second-order valence-corrected chi connectivity index (χ2v) is 9.94. The normalized spacial score (nSPS) is 39.9. The van der Waals surface area contributed by atoms with Gasteiger partial charge in [-0.2, -0.15) is 0 Å². The van der Waals surface area contributed by atoms with Crippen molar-refractivity contribution in [3.63, 3.8) is 0 Å². The average molecular weight is 347 g/mol. The van der Waals surface area contributed by atoms with E-state index >= 15 is 0 Å². The van der Waals surface area contributed by atoms with Gasteiger partial charge in [0.25, 0.3) is 0 Å². The Morgan fingerprint density at radius 1 is 0.760 bits per heavy atom. The maximum atomic E-state index is 6.37. The molecule has 0 aromatic rings. The van der Waals surface area contributed by atoms with Gasteiger partial charge in [0.1, 0.15) is 0 Å². The van der Waals surface area contributed by atoms with Crippen LogP contribution in [0.1, 0.15) is 97.3 Å². The van der Waals surface area contributed by atoms with Crippen LogP contribution in [-0.4, -0.2) is 12.7 Å². The minimum absolute atomic E-state index is 0.576. The molecule has 1 nitrogen and oxygen atoms in total. The summed E-state index contributed by atoms with van der Waals surface area (Å²) in [6.45, 7) is 9.74. The molecule has 0 aliphatic heterocycles. The molecule has 0 aromatic carbocycles.